The van der Waals surface area contributed by atoms with Crippen LogP contribution in [0.5, 0.6) is 0 Å². The van der Waals surface area contributed by atoms with Crippen LogP contribution >= 0.6 is 11.6 Å². The van der Waals surface area contributed by atoms with E-state index in [2.05, 4.69) is 22.0 Å². The molecule has 0 aliphatic rings. The third-order valence-electron chi connectivity index (χ3n) is 2.91. The highest BCUT2D eigenvalue weighted by atomic mass is 35.5. The Hall–Kier alpha value is -1.42. The van der Waals surface area contributed by atoms with Gasteiger partial charge in [0.05, 0.1) is 5.69 Å². The van der Waals surface area contributed by atoms with Gasteiger partial charge in [0.1, 0.15) is 0 Å². The zero-order valence-electron chi connectivity index (χ0n) is 10.5. The number of halogens is 1. The maximum atomic E-state index is 5.84. The number of aromatic nitrogens is 4. The van der Waals surface area contributed by atoms with E-state index < -0.39 is 0 Å². The number of rotatable bonds is 2. The smallest absolute Gasteiger partial charge is 0.224 e. The van der Waals surface area contributed by atoms with Gasteiger partial charge in [0.25, 0.3) is 0 Å². The fraction of sp³-hybridized carbons (Fsp3) is 0.417. The summed E-state index contributed by atoms with van der Waals surface area (Å²) >= 11 is 5.84. The van der Waals surface area contributed by atoms with E-state index >= 15 is 0 Å². The molecule has 4 nitrogen and oxygen atoms in total. The van der Waals surface area contributed by atoms with Gasteiger partial charge in [-0.05, 0) is 44.4 Å². The summed E-state index contributed by atoms with van der Waals surface area (Å²) in [6.07, 6.45) is 2.68. The molecule has 90 valence electrons. The summed E-state index contributed by atoms with van der Waals surface area (Å²) < 4.78 is 1.84. The van der Waals surface area contributed by atoms with Gasteiger partial charge >= 0.3 is 0 Å². The second kappa shape index (κ2) is 4.45. The Morgan fingerprint density at radius 1 is 1.29 bits per heavy atom. The van der Waals surface area contributed by atoms with Gasteiger partial charge in [-0.15, -0.1) is 0 Å². The Kier molecular flexibility index (Phi) is 3.15. The predicted octanol–water partition coefficient (Wildman–Crippen LogP) is 2.80. The fourth-order valence-corrected chi connectivity index (χ4v) is 2.15. The lowest BCUT2D eigenvalue weighted by Crippen LogP contribution is -2.05. The van der Waals surface area contributed by atoms with Crippen LogP contribution in [0.4, 0.5) is 0 Å². The van der Waals surface area contributed by atoms with E-state index in [1.165, 1.54) is 5.56 Å². The Morgan fingerprint density at radius 3 is 2.59 bits per heavy atom. The summed E-state index contributed by atoms with van der Waals surface area (Å²) in [5.41, 5.74) is 4.38. The van der Waals surface area contributed by atoms with E-state index in [-0.39, 0.29) is 5.28 Å². The van der Waals surface area contributed by atoms with Crippen molar-refractivity contribution in [3.8, 4) is 5.82 Å². The lowest BCUT2D eigenvalue weighted by Gasteiger charge is -2.07. The summed E-state index contributed by atoms with van der Waals surface area (Å²) in [6.45, 7) is 8.14. The standard InChI is InChI=1S/C12H15ClN4/c1-5-10-8(3)16-17(9(10)4)11-7(2)6-14-12(13)15-11/h6H,5H2,1-4H3. The molecular weight excluding hydrogens is 236 g/mol. The Labute approximate surface area is 106 Å². The van der Waals surface area contributed by atoms with Crippen molar-refractivity contribution in [1.29, 1.82) is 0 Å². The molecule has 0 aliphatic heterocycles. The first-order valence-electron chi connectivity index (χ1n) is 5.59. The number of hydrogen-bond donors (Lipinski definition) is 0. The molecule has 2 heterocycles. The van der Waals surface area contributed by atoms with Crippen molar-refractivity contribution in [2.24, 2.45) is 0 Å². The van der Waals surface area contributed by atoms with Crippen molar-refractivity contribution < 1.29 is 0 Å². The second-order valence-electron chi connectivity index (χ2n) is 4.06. The number of hydrogen-bond acceptors (Lipinski definition) is 3. The third kappa shape index (κ3) is 2.05. The van der Waals surface area contributed by atoms with Crippen LogP contribution in [0.2, 0.25) is 5.28 Å². The maximum absolute atomic E-state index is 5.84. The predicted molar refractivity (Wildman–Crippen MR) is 67.8 cm³/mol. The SMILES string of the molecule is CCc1c(C)nn(-c2nc(Cl)ncc2C)c1C. The molecule has 0 aliphatic carbocycles. The molecule has 0 saturated heterocycles. The second-order valence-corrected chi connectivity index (χ2v) is 4.40. The van der Waals surface area contributed by atoms with E-state index in [0.717, 1.165) is 29.2 Å². The third-order valence-corrected chi connectivity index (χ3v) is 3.09. The largest absolute Gasteiger partial charge is 0.226 e. The van der Waals surface area contributed by atoms with Gasteiger partial charge in [0.2, 0.25) is 5.28 Å². The van der Waals surface area contributed by atoms with E-state index in [4.69, 9.17) is 11.6 Å². The van der Waals surface area contributed by atoms with Crippen molar-refractivity contribution in [2.45, 2.75) is 34.1 Å². The van der Waals surface area contributed by atoms with Crippen molar-refractivity contribution in [2.75, 3.05) is 0 Å². The summed E-state index contributed by atoms with van der Waals surface area (Å²) in [7, 11) is 0. The van der Waals surface area contributed by atoms with Crippen LogP contribution in [0.1, 0.15) is 29.4 Å². The minimum absolute atomic E-state index is 0.246. The van der Waals surface area contributed by atoms with Crippen LogP contribution in [-0.4, -0.2) is 19.7 Å². The van der Waals surface area contributed by atoms with Gasteiger partial charge in [0.15, 0.2) is 5.82 Å². The number of aryl methyl sites for hydroxylation is 2. The topological polar surface area (TPSA) is 43.6 Å². The molecule has 0 N–H and O–H groups in total. The van der Waals surface area contributed by atoms with Crippen molar-refractivity contribution in [1.82, 2.24) is 19.7 Å². The van der Waals surface area contributed by atoms with Gasteiger partial charge < -0.3 is 0 Å². The molecule has 0 radical (unpaired) electrons. The van der Waals surface area contributed by atoms with Crippen molar-refractivity contribution >= 4 is 11.6 Å². The highest BCUT2D eigenvalue weighted by molar-refractivity contribution is 6.28. The van der Waals surface area contributed by atoms with Gasteiger partial charge in [0, 0.05) is 17.5 Å². The monoisotopic (exact) mass is 250 g/mol. The quantitative estimate of drug-likeness (QED) is 0.770. The minimum atomic E-state index is 0.246. The molecular formula is C12H15ClN4. The average Bonchev–Trinajstić information content (AvgIpc) is 2.57. The first-order chi connectivity index (χ1) is 8.04. The van der Waals surface area contributed by atoms with E-state index in [1.807, 2.05) is 25.5 Å². The minimum Gasteiger partial charge on any atom is -0.226 e. The average molecular weight is 251 g/mol. The van der Waals surface area contributed by atoms with Crippen LogP contribution in [-0.2, 0) is 6.42 Å². The number of nitrogens with zero attached hydrogens (tertiary/aromatic N) is 4. The molecule has 0 saturated carbocycles. The summed E-state index contributed by atoms with van der Waals surface area (Å²) in [5, 5.41) is 4.77. The Morgan fingerprint density at radius 2 is 2.00 bits per heavy atom. The molecule has 0 atom stereocenters. The van der Waals surface area contributed by atoms with Crippen molar-refractivity contribution in [3.05, 3.63) is 34.0 Å². The van der Waals surface area contributed by atoms with E-state index in [0.29, 0.717) is 0 Å². The molecule has 2 aromatic heterocycles. The van der Waals surface area contributed by atoms with Crippen LogP contribution in [0.15, 0.2) is 6.20 Å². The van der Waals surface area contributed by atoms with Gasteiger partial charge in [-0.2, -0.15) is 10.1 Å². The van der Waals surface area contributed by atoms with Crippen LogP contribution < -0.4 is 0 Å². The molecule has 0 bridgehead atoms. The van der Waals surface area contributed by atoms with Gasteiger partial charge in [-0.3, -0.25) is 0 Å². The zero-order chi connectivity index (χ0) is 12.6. The van der Waals surface area contributed by atoms with Gasteiger partial charge in [-0.25, -0.2) is 9.67 Å². The normalized spacial score (nSPS) is 10.9. The lowest BCUT2D eigenvalue weighted by atomic mass is 10.1. The fourth-order valence-electron chi connectivity index (χ4n) is 2.02. The molecule has 17 heavy (non-hydrogen) atoms. The van der Waals surface area contributed by atoms with E-state index in [1.54, 1.807) is 6.20 Å². The molecule has 0 aromatic carbocycles. The summed E-state index contributed by atoms with van der Waals surface area (Å²) in [6, 6.07) is 0. The Balaban J connectivity index is 2.64. The van der Waals surface area contributed by atoms with E-state index in [9.17, 15) is 0 Å². The molecule has 0 amide bonds. The zero-order valence-corrected chi connectivity index (χ0v) is 11.2. The highest BCUT2D eigenvalue weighted by Crippen LogP contribution is 2.19. The summed E-state index contributed by atoms with van der Waals surface area (Å²) in [4.78, 5) is 8.20. The molecule has 0 fully saturated rings. The molecule has 2 rings (SSSR count). The molecule has 5 heteroatoms. The molecule has 2 aromatic rings. The van der Waals surface area contributed by atoms with Crippen LogP contribution in [0.3, 0.4) is 0 Å². The summed E-state index contributed by atoms with van der Waals surface area (Å²) in [5.74, 6) is 0.755. The first kappa shape index (κ1) is 12.0. The van der Waals surface area contributed by atoms with Crippen LogP contribution in [0, 0.1) is 20.8 Å². The van der Waals surface area contributed by atoms with Gasteiger partial charge in [-0.1, -0.05) is 6.92 Å². The molecule has 0 unspecified atom stereocenters. The Bertz CT molecular complexity index is 560. The first-order valence-corrected chi connectivity index (χ1v) is 5.97. The molecule has 0 spiro atoms. The highest BCUT2D eigenvalue weighted by Gasteiger charge is 2.14. The maximum Gasteiger partial charge on any atom is 0.224 e. The van der Waals surface area contributed by atoms with Crippen molar-refractivity contribution in [3.63, 3.8) is 0 Å². The lowest BCUT2D eigenvalue weighted by molar-refractivity contribution is 0.791. The van der Waals surface area contributed by atoms with Crippen LogP contribution in [0.25, 0.3) is 5.82 Å².